The molecule has 4 heterocycles. The molecule has 190 valence electrons. The maximum absolute atomic E-state index is 6.34. The largest absolute Gasteiger partial charge is 0.444 e. The van der Waals surface area contributed by atoms with Crippen molar-refractivity contribution < 1.29 is 4.42 Å². The van der Waals surface area contributed by atoms with E-state index >= 15 is 0 Å². The van der Waals surface area contributed by atoms with Gasteiger partial charge in [-0.05, 0) is 32.7 Å². The summed E-state index contributed by atoms with van der Waals surface area (Å²) in [6.45, 7) is 8.68. The van der Waals surface area contributed by atoms with E-state index in [2.05, 4.69) is 36.5 Å². The summed E-state index contributed by atoms with van der Waals surface area (Å²) in [7, 11) is 2.21. The maximum atomic E-state index is 6.34. The quantitative estimate of drug-likeness (QED) is 0.448. The number of benzene rings is 1. The second-order valence-electron chi connectivity index (χ2n) is 9.50. The predicted octanol–water partition coefficient (Wildman–Crippen LogP) is 4.49. The lowest BCUT2D eigenvalue weighted by Gasteiger charge is -2.41. The Morgan fingerprint density at radius 1 is 0.889 bits per heavy atom. The topological polar surface area (TPSA) is 102 Å². The van der Waals surface area contributed by atoms with Crippen LogP contribution in [0.5, 0.6) is 0 Å². The first-order valence-electron chi connectivity index (χ1n) is 13.1. The van der Waals surface area contributed by atoms with Crippen LogP contribution in [-0.4, -0.2) is 73.8 Å². The highest BCUT2D eigenvalue weighted by atomic mass is 16.3. The molecule has 9 nitrogen and oxygen atoms in total. The van der Waals surface area contributed by atoms with Gasteiger partial charge in [0.25, 0.3) is 0 Å². The van der Waals surface area contributed by atoms with Crippen LogP contribution in [-0.2, 0) is 0 Å². The zero-order chi connectivity index (χ0) is 25.1. The highest BCUT2D eigenvalue weighted by molar-refractivity contribution is 5.98. The van der Waals surface area contributed by atoms with Gasteiger partial charge in [-0.1, -0.05) is 38.1 Å². The van der Waals surface area contributed by atoms with Crippen LogP contribution in [0.25, 0.3) is 33.6 Å². The zero-order valence-corrected chi connectivity index (χ0v) is 21.5. The third-order valence-corrected chi connectivity index (χ3v) is 7.46. The van der Waals surface area contributed by atoms with Gasteiger partial charge >= 0.3 is 0 Å². The number of fused-ring (bicyclic) bond motifs is 1. The molecule has 2 fully saturated rings. The minimum absolute atomic E-state index is 0.322. The van der Waals surface area contributed by atoms with E-state index in [1.807, 2.05) is 38.1 Å². The van der Waals surface area contributed by atoms with Crippen LogP contribution in [0.4, 0.5) is 5.82 Å². The van der Waals surface area contributed by atoms with Gasteiger partial charge in [0.15, 0.2) is 17.8 Å². The molecule has 3 aromatic heterocycles. The Morgan fingerprint density at radius 2 is 1.56 bits per heavy atom. The molecule has 1 aliphatic carbocycles. The molecule has 0 unspecified atom stereocenters. The smallest absolute Gasteiger partial charge is 0.181 e. The van der Waals surface area contributed by atoms with Gasteiger partial charge in [-0.3, -0.25) is 4.90 Å². The average molecular weight is 489 g/mol. The molecule has 6 rings (SSSR count). The second kappa shape index (κ2) is 10.8. The van der Waals surface area contributed by atoms with Gasteiger partial charge in [0, 0.05) is 43.3 Å². The van der Waals surface area contributed by atoms with Crippen molar-refractivity contribution in [2.45, 2.75) is 51.6 Å². The van der Waals surface area contributed by atoms with Crippen LogP contribution < -0.4 is 5.73 Å². The van der Waals surface area contributed by atoms with Crippen molar-refractivity contribution in [1.29, 1.82) is 0 Å². The van der Waals surface area contributed by atoms with Crippen molar-refractivity contribution in [2.24, 2.45) is 0 Å². The number of nitrogens with two attached hydrogens (primary N) is 1. The van der Waals surface area contributed by atoms with Crippen molar-refractivity contribution in [3.8, 4) is 22.6 Å². The van der Waals surface area contributed by atoms with Crippen molar-refractivity contribution in [3.63, 3.8) is 0 Å². The van der Waals surface area contributed by atoms with Crippen LogP contribution in [0, 0.1) is 0 Å². The molecule has 4 aromatic rings. The first-order chi connectivity index (χ1) is 17.7. The van der Waals surface area contributed by atoms with Crippen LogP contribution in [0.1, 0.15) is 45.6 Å². The standard InChI is InChI=1S/C25H30N8O.C2H6/c1-31-10-12-32(13-11-31)19-6-8-20(9-7-19)33-25-22(24(26)28-15-29-25)23(30-33)18-4-2-17(3-5-18)21-14-27-16-34-21;1-2/h2-5,14-16,19-20H,6-13H2,1H3,(H2,26,28,29);1-2H3. The lowest BCUT2D eigenvalue weighted by molar-refractivity contribution is 0.0815. The number of likely N-dealkylation sites (N-methyl/N-ethyl adjacent to an activating group) is 1. The number of rotatable bonds is 4. The van der Waals surface area contributed by atoms with Gasteiger partial charge in [0.05, 0.1) is 17.6 Å². The second-order valence-corrected chi connectivity index (χ2v) is 9.50. The van der Waals surface area contributed by atoms with Crippen LogP contribution in [0.2, 0.25) is 0 Å². The number of hydrogen-bond donors (Lipinski definition) is 1. The molecule has 2 N–H and O–H groups in total. The first-order valence-corrected chi connectivity index (χ1v) is 13.1. The first kappa shape index (κ1) is 24.4. The summed E-state index contributed by atoms with van der Waals surface area (Å²) in [5, 5.41) is 5.89. The number of nitrogens with zero attached hydrogens (tertiary/aromatic N) is 7. The summed E-state index contributed by atoms with van der Waals surface area (Å²) >= 11 is 0. The predicted molar refractivity (Wildman–Crippen MR) is 142 cm³/mol. The Kier molecular flexibility index (Phi) is 7.29. The summed E-state index contributed by atoms with van der Waals surface area (Å²) in [5.41, 5.74) is 9.95. The van der Waals surface area contributed by atoms with E-state index < -0.39 is 0 Å². The van der Waals surface area contributed by atoms with E-state index in [1.165, 1.54) is 45.4 Å². The normalized spacial score (nSPS) is 21.3. The van der Waals surface area contributed by atoms with Crippen molar-refractivity contribution in [3.05, 3.63) is 43.2 Å². The fourth-order valence-electron chi connectivity index (χ4n) is 5.46. The van der Waals surface area contributed by atoms with Crippen LogP contribution in [0.3, 0.4) is 0 Å². The summed E-state index contributed by atoms with van der Waals surface area (Å²) in [4.78, 5) is 18.0. The summed E-state index contributed by atoms with van der Waals surface area (Å²) in [6.07, 6.45) is 9.28. The SMILES string of the molecule is CC.CN1CCN(C2CCC(n3nc(-c4ccc(-c5cnco5)cc4)c4c(N)ncnc43)CC2)CC1. The molecular formula is C27H36N8O. The molecule has 36 heavy (non-hydrogen) atoms. The minimum atomic E-state index is 0.322. The van der Waals surface area contributed by atoms with Gasteiger partial charge in [-0.2, -0.15) is 5.10 Å². The third kappa shape index (κ3) is 4.73. The number of nitrogen functional groups attached to an aromatic ring is 1. The van der Waals surface area contributed by atoms with Gasteiger partial charge in [-0.15, -0.1) is 0 Å². The minimum Gasteiger partial charge on any atom is -0.444 e. The molecule has 1 aromatic carbocycles. The lowest BCUT2D eigenvalue weighted by Crippen LogP contribution is -2.49. The highest BCUT2D eigenvalue weighted by Crippen LogP contribution is 2.37. The number of anilines is 1. The number of oxazole rings is 1. The molecule has 0 spiro atoms. The number of piperazine rings is 1. The van der Waals surface area contributed by atoms with Crippen molar-refractivity contribution in [1.82, 2.24) is 34.5 Å². The van der Waals surface area contributed by atoms with E-state index in [0.29, 0.717) is 17.9 Å². The summed E-state index contributed by atoms with van der Waals surface area (Å²) in [6, 6.07) is 9.11. The molecule has 1 saturated heterocycles. The number of aromatic nitrogens is 5. The molecule has 0 amide bonds. The highest BCUT2D eigenvalue weighted by Gasteiger charge is 2.30. The Morgan fingerprint density at radius 3 is 2.22 bits per heavy atom. The fraction of sp³-hybridized carbons (Fsp3) is 0.481. The Balaban J connectivity index is 0.00000130. The monoisotopic (exact) mass is 488 g/mol. The molecule has 0 radical (unpaired) electrons. The Hall–Kier alpha value is -3.30. The van der Waals surface area contributed by atoms with E-state index in [9.17, 15) is 0 Å². The number of hydrogen-bond acceptors (Lipinski definition) is 8. The molecule has 0 atom stereocenters. The van der Waals surface area contributed by atoms with E-state index in [0.717, 1.165) is 46.5 Å². The maximum Gasteiger partial charge on any atom is 0.181 e. The van der Waals surface area contributed by atoms with Gasteiger partial charge in [0.1, 0.15) is 17.8 Å². The van der Waals surface area contributed by atoms with Crippen LogP contribution >= 0.6 is 0 Å². The lowest BCUT2D eigenvalue weighted by atomic mass is 9.90. The molecule has 1 aliphatic heterocycles. The third-order valence-electron chi connectivity index (χ3n) is 7.46. The Labute approximate surface area is 212 Å². The Bertz CT molecular complexity index is 1250. The van der Waals surface area contributed by atoms with Crippen LogP contribution in [0.15, 0.2) is 47.6 Å². The van der Waals surface area contributed by atoms with Crippen molar-refractivity contribution in [2.75, 3.05) is 39.0 Å². The zero-order valence-electron chi connectivity index (χ0n) is 21.5. The molecular weight excluding hydrogens is 452 g/mol. The van der Waals surface area contributed by atoms with E-state index in [4.69, 9.17) is 15.2 Å². The summed E-state index contributed by atoms with van der Waals surface area (Å²) < 4.78 is 7.52. The van der Waals surface area contributed by atoms with Crippen molar-refractivity contribution >= 4 is 16.9 Å². The van der Waals surface area contributed by atoms with Gasteiger partial charge < -0.3 is 15.1 Å². The van der Waals surface area contributed by atoms with E-state index in [-0.39, 0.29) is 0 Å². The average Bonchev–Trinajstić information content (AvgIpc) is 3.60. The molecule has 1 saturated carbocycles. The van der Waals surface area contributed by atoms with E-state index in [1.54, 1.807) is 12.5 Å². The molecule has 0 bridgehead atoms. The molecule has 9 heteroatoms. The molecule has 2 aliphatic rings. The van der Waals surface area contributed by atoms with Gasteiger partial charge in [0.2, 0.25) is 0 Å². The fourth-order valence-corrected chi connectivity index (χ4v) is 5.46. The van der Waals surface area contributed by atoms with Gasteiger partial charge in [-0.25, -0.2) is 19.6 Å². The summed E-state index contributed by atoms with van der Waals surface area (Å²) in [5.74, 6) is 1.21.